The van der Waals surface area contributed by atoms with Gasteiger partial charge in [-0.05, 0) is 49.7 Å². The molecular formula is C15H13BrN2O3. The zero-order chi connectivity index (χ0) is 15.6. The first-order valence-electron chi connectivity index (χ1n) is 6.21. The third-order valence-electron chi connectivity index (χ3n) is 3.07. The average Bonchev–Trinajstić information content (AvgIpc) is 2.41. The van der Waals surface area contributed by atoms with Crippen LogP contribution in [0.25, 0.3) is 0 Å². The number of anilines is 1. The summed E-state index contributed by atoms with van der Waals surface area (Å²) < 4.78 is 0.935. The number of aryl methyl sites for hydroxylation is 2. The summed E-state index contributed by atoms with van der Waals surface area (Å²) in [5, 5.41) is 13.5. The highest BCUT2D eigenvalue weighted by Crippen LogP contribution is 2.22. The Kier molecular flexibility index (Phi) is 4.37. The fraction of sp³-hybridized carbons (Fsp3) is 0.133. The van der Waals surface area contributed by atoms with Gasteiger partial charge in [-0.1, -0.05) is 15.9 Å². The first-order chi connectivity index (χ1) is 9.88. The second-order valence-electron chi connectivity index (χ2n) is 4.68. The predicted octanol–water partition coefficient (Wildman–Crippen LogP) is 4.23. The molecule has 1 amide bonds. The molecule has 0 saturated carbocycles. The average molecular weight is 349 g/mol. The van der Waals surface area contributed by atoms with E-state index >= 15 is 0 Å². The SMILES string of the molecule is Cc1cc(C(=O)Nc2ccc([N+](=O)[O-])c(C)c2)ccc1Br. The first kappa shape index (κ1) is 15.2. The minimum Gasteiger partial charge on any atom is -0.322 e. The summed E-state index contributed by atoms with van der Waals surface area (Å²) >= 11 is 3.38. The van der Waals surface area contributed by atoms with Gasteiger partial charge in [0.1, 0.15) is 0 Å². The molecule has 2 aromatic carbocycles. The molecule has 2 rings (SSSR count). The second-order valence-corrected chi connectivity index (χ2v) is 5.53. The molecule has 0 spiro atoms. The Hall–Kier alpha value is -2.21. The first-order valence-corrected chi connectivity index (χ1v) is 7.00. The Morgan fingerprint density at radius 3 is 2.43 bits per heavy atom. The summed E-state index contributed by atoms with van der Waals surface area (Å²) in [5.74, 6) is -0.251. The summed E-state index contributed by atoms with van der Waals surface area (Å²) in [4.78, 5) is 22.5. The maximum Gasteiger partial charge on any atom is 0.272 e. The van der Waals surface area contributed by atoms with E-state index in [9.17, 15) is 14.9 Å². The van der Waals surface area contributed by atoms with Gasteiger partial charge in [0.25, 0.3) is 11.6 Å². The Bertz CT molecular complexity index is 729. The van der Waals surface area contributed by atoms with Gasteiger partial charge in [0.05, 0.1) is 4.92 Å². The summed E-state index contributed by atoms with van der Waals surface area (Å²) in [7, 11) is 0. The van der Waals surface area contributed by atoms with Crippen molar-refractivity contribution in [3.63, 3.8) is 0 Å². The van der Waals surface area contributed by atoms with Crippen molar-refractivity contribution < 1.29 is 9.72 Å². The molecule has 0 aromatic heterocycles. The molecule has 6 heteroatoms. The third-order valence-corrected chi connectivity index (χ3v) is 3.96. The zero-order valence-electron chi connectivity index (χ0n) is 11.5. The minimum atomic E-state index is -0.445. The number of amides is 1. The number of nitro benzene ring substituents is 1. The fourth-order valence-corrected chi connectivity index (χ4v) is 2.17. The highest BCUT2D eigenvalue weighted by molar-refractivity contribution is 9.10. The molecule has 2 aromatic rings. The van der Waals surface area contributed by atoms with Crippen LogP contribution >= 0.6 is 15.9 Å². The van der Waals surface area contributed by atoms with Gasteiger partial charge >= 0.3 is 0 Å². The van der Waals surface area contributed by atoms with Crippen LogP contribution in [0.4, 0.5) is 11.4 Å². The van der Waals surface area contributed by atoms with Gasteiger partial charge in [0.15, 0.2) is 0 Å². The second kappa shape index (κ2) is 6.05. The van der Waals surface area contributed by atoms with Crippen molar-refractivity contribution in [3.05, 3.63) is 67.7 Å². The van der Waals surface area contributed by atoms with E-state index in [1.165, 1.54) is 12.1 Å². The van der Waals surface area contributed by atoms with Crippen molar-refractivity contribution in [2.24, 2.45) is 0 Å². The van der Waals surface area contributed by atoms with Crippen LogP contribution in [0.1, 0.15) is 21.5 Å². The van der Waals surface area contributed by atoms with E-state index in [1.54, 1.807) is 25.1 Å². The lowest BCUT2D eigenvalue weighted by atomic mass is 10.1. The van der Waals surface area contributed by atoms with Gasteiger partial charge in [0.2, 0.25) is 0 Å². The molecule has 108 valence electrons. The molecule has 0 aliphatic carbocycles. The summed E-state index contributed by atoms with van der Waals surface area (Å²) in [6.07, 6.45) is 0. The van der Waals surface area contributed by atoms with Crippen molar-refractivity contribution in [1.29, 1.82) is 0 Å². The molecule has 0 unspecified atom stereocenters. The van der Waals surface area contributed by atoms with Gasteiger partial charge in [-0.3, -0.25) is 14.9 Å². The van der Waals surface area contributed by atoms with E-state index in [-0.39, 0.29) is 11.6 Å². The topological polar surface area (TPSA) is 72.2 Å². The highest BCUT2D eigenvalue weighted by atomic mass is 79.9. The van der Waals surface area contributed by atoms with E-state index in [2.05, 4.69) is 21.2 Å². The molecular weight excluding hydrogens is 336 g/mol. The molecule has 0 bridgehead atoms. The van der Waals surface area contributed by atoms with Crippen LogP contribution < -0.4 is 5.32 Å². The van der Waals surface area contributed by atoms with Crippen LogP contribution in [-0.4, -0.2) is 10.8 Å². The highest BCUT2D eigenvalue weighted by Gasteiger charge is 2.12. The summed E-state index contributed by atoms with van der Waals surface area (Å²) in [6.45, 7) is 3.54. The lowest BCUT2D eigenvalue weighted by molar-refractivity contribution is -0.385. The number of nitrogens with zero attached hydrogens (tertiary/aromatic N) is 1. The number of halogens is 1. The number of hydrogen-bond donors (Lipinski definition) is 1. The van der Waals surface area contributed by atoms with Crippen molar-refractivity contribution in [3.8, 4) is 0 Å². The number of carbonyl (C=O) groups excluding carboxylic acids is 1. The van der Waals surface area contributed by atoms with Crippen LogP contribution in [0.15, 0.2) is 40.9 Å². The smallest absolute Gasteiger partial charge is 0.272 e. The Balaban J connectivity index is 2.21. The Labute approximate surface area is 130 Å². The number of hydrogen-bond acceptors (Lipinski definition) is 3. The van der Waals surface area contributed by atoms with Crippen LogP contribution in [-0.2, 0) is 0 Å². The molecule has 5 nitrogen and oxygen atoms in total. The monoisotopic (exact) mass is 348 g/mol. The zero-order valence-corrected chi connectivity index (χ0v) is 13.1. The molecule has 0 radical (unpaired) electrons. The largest absolute Gasteiger partial charge is 0.322 e. The van der Waals surface area contributed by atoms with E-state index < -0.39 is 4.92 Å². The predicted molar refractivity (Wildman–Crippen MR) is 84.7 cm³/mol. The van der Waals surface area contributed by atoms with E-state index in [0.29, 0.717) is 16.8 Å². The maximum atomic E-state index is 12.1. The number of nitrogens with one attached hydrogen (secondary N) is 1. The molecule has 0 fully saturated rings. The van der Waals surface area contributed by atoms with Gasteiger partial charge in [0, 0.05) is 27.4 Å². The summed E-state index contributed by atoms with van der Waals surface area (Å²) in [5.41, 5.74) is 2.56. The van der Waals surface area contributed by atoms with Crippen LogP contribution in [0, 0.1) is 24.0 Å². The van der Waals surface area contributed by atoms with Gasteiger partial charge in [-0.15, -0.1) is 0 Å². The normalized spacial score (nSPS) is 10.2. The van der Waals surface area contributed by atoms with Gasteiger partial charge in [-0.25, -0.2) is 0 Å². The van der Waals surface area contributed by atoms with E-state index in [0.717, 1.165) is 10.0 Å². The van der Waals surface area contributed by atoms with Crippen molar-refractivity contribution >= 4 is 33.2 Å². The maximum absolute atomic E-state index is 12.1. The van der Waals surface area contributed by atoms with E-state index in [4.69, 9.17) is 0 Å². The molecule has 0 saturated heterocycles. The molecule has 0 aliphatic heterocycles. The van der Waals surface area contributed by atoms with Crippen LogP contribution in [0.2, 0.25) is 0 Å². The summed E-state index contributed by atoms with van der Waals surface area (Å²) in [6, 6.07) is 9.79. The Morgan fingerprint density at radius 1 is 1.14 bits per heavy atom. The van der Waals surface area contributed by atoms with Gasteiger partial charge in [-0.2, -0.15) is 0 Å². The standard InChI is InChI=1S/C15H13BrN2O3/c1-9-7-11(3-5-13(9)16)15(19)17-12-4-6-14(18(20)21)10(2)8-12/h3-8H,1-2H3,(H,17,19). The van der Waals surface area contributed by atoms with Crippen molar-refractivity contribution in [2.75, 3.05) is 5.32 Å². The molecule has 21 heavy (non-hydrogen) atoms. The molecule has 0 heterocycles. The quantitative estimate of drug-likeness (QED) is 0.666. The molecule has 0 atom stereocenters. The lowest BCUT2D eigenvalue weighted by Gasteiger charge is -2.07. The number of benzene rings is 2. The number of rotatable bonds is 3. The molecule has 0 aliphatic rings. The minimum absolute atomic E-state index is 0.0347. The Morgan fingerprint density at radius 2 is 1.86 bits per heavy atom. The van der Waals surface area contributed by atoms with Gasteiger partial charge < -0.3 is 5.32 Å². The van der Waals surface area contributed by atoms with Crippen LogP contribution in [0.3, 0.4) is 0 Å². The number of nitro groups is 1. The third kappa shape index (κ3) is 3.46. The van der Waals surface area contributed by atoms with Crippen molar-refractivity contribution in [1.82, 2.24) is 0 Å². The molecule has 1 N–H and O–H groups in total. The van der Waals surface area contributed by atoms with Crippen LogP contribution in [0.5, 0.6) is 0 Å². The number of carbonyl (C=O) groups is 1. The van der Waals surface area contributed by atoms with E-state index in [1.807, 2.05) is 13.0 Å². The fourth-order valence-electron chi connectivity index (χ4n) is 1.93. The van der Waals surface area contributed by atoms with Crippen molar-refractivity contribution in [2.45, 2.75) is 13.8 Å². The lowest BCUT2D eigenvalue weighted by Crippen LogP contribution is -2.12.